The fourth-order valence-corrected chi connectivity index (χ4v) is 5.44. The number of carbonyl (C=O) groups excluding carboxylic acids is 1. The number of nitrogens with two attached hydrogens (primary N) is 1. The lowest BCUT2D eigenvalue weighted by molar-refractivity contribution is 0.0981. The second-order valence-corrected chi connectivity index (χ2v) is 11.1. The van der Waals surface area contributed by atoms with E-state index in [1.807, 2.05) is 4.90 Å². The largest absolute Gasteiger partial charge is 0.491 e. The number of benzene rings is 1. The van der Waals surface area contributed by atoms with E-state index < -0.39 is 21.7 Å². The fourth-order valence-electron chi connectivity index (χ4n) is 4.39. The Morgan fingerprint density at radius 1 is 1.27 bits per heavy atom. The number of nitrogens with one attached hydrogen (secondary N) is 1. The average molecular weight is 528 g/mol. The van der Waals surface area contributed by atoms with Crippen molar-refractivity contribution >= 4 is 27.6 Å². The normalized spacial score (nSPS) is 17.0. The molecule has 1 amide bonds. The molecule has 4 rings (SSSR count). The minimum Gasteiger partial charge on any atom is -0.491 e. The number of nitrogen functional groups attached to an aromatic ring is 1. The summed E-state index contributed by atoms with van der Waals surface area (Å²) < 4.78 is 47.5. The summed E-state index contributed by atoms with van der Waals surface area (Å²) in [6.07, 6.45) is 2.23. The number of nitrogens with zero attached hydrogens (tertiary/aromatic N) is 3. The molecule has 196 valence electrons. The molecule has 3 aromatic rings. The number of amides is 1. The summed E-state index contributed by atoms with van der Waals surface area (Å²) in [6, 6.07) is 10.3. The number of halogens is 1. The summed E-state index contributed by atoms with van der Waals surface area (Å²) in [6.45, 7) is 8.92. The monoisotopic (exact) mass is 527 g/mol. The van der Waals surface area contributed by atoms with Crippen LogP contribution in [0, 0.1) is 11.7 Å². The molecule has 1 atom stereocenters. The van der Waals surface area contributed by atoms with E-state index in [1.54, 1.807) is 25.1 Å². The molecule has 1 aromatic carbocycles. The topological polar surface area (TPSA) is 128 Å². The molecule has 0 radical (unpaired) electrons. The smallest absolute Gasteiger partial charge is 0.268 e. The third kappa shape index (κ3) is 5.08. The Kier molecular flexibility index (Phi) is 7.09. The van der Waals surface area contributed by atoms with Crippen LogP contribution in [-0.4, -0.2) is 43.0 Å². The van der Waals surface area contributed by atoms with Crippen molar-refractivity contribution < 1.29 is 22.3 Å². The van der Waals surface area contributed by atoms with Crippen LogP contribution in [0.2, 0.25) is 0 Å². The Balaban J connectivity index is 1.79. The van der Waals surface area contributed by atoms with Gasteiger partial charge in [0.25, 0.3) is 15.9 Å². The molecule has 1 aliphatic heterocycles. The minimum atomic E-state index is -4.29. The molecule has 0 spiro atoms. The quantitative estimate of drug-likeness (QED) is 0.472. The van der Waals surface area contributed by atoms with Gasteiger partial charge in [0.2, 0.25) is 0 Å². The first-order valence-electron chi connectivity index (χ1n) is 11.9. The van der Waals surface area contributed by atoms with E-state index in [4.69, 9.17) is 15.5 Å². The van der Waals surface area contributed by atoms with E-state index in [2.05, 4.69) is 30.5 Å². The molecule has 0 saturated carbocycles. The summed E-state index contributed by atoms with van der Waals surface area (Å²) >= 11 is 0. The van der Waals surface area contributed by atoms with Crippen LogP contribution in [0.5, 0.6) is 5.75 Å². The Morgan fingerprint density at radius 2 is 2.03 bits per heavy atom. The Hall–Kier alpha value is -3.73. The van der Waals surface area contributed by atoms with Gasteiger partial charge in [0.15, 0.2) is 11.6 Å². The first kappa shape index (κ1) is 26.3. The van der Waals surface area contributed by atoms with Gasteiger partial charge < -0.3 is 15.4 Å². The van der Waals surface area contributed by atoms with Gasteiger partial charge in [0, 0.05) is 23.8 Å². The maximum absolute atomic E-state index is 14.2. The second-order valence-electron chi connectivity index (χ2n) is 9.46. The van der Waals surface area contributed by atoms with Crippen molar-refractivity contribution in [1.82, 2.24) is 14.7 Å². The van der Waals surface area contributed by atoms with Gasteiger partial charge in [-0.1, -0.05) is 6.92 Å². The number of anilines is 2. The molecular formula is C26H30FN5O4S. The first-order chi connectivity index (χ1) is 17.5. The maximum Gasteiger partial charge on any atom is 0.268 e. The predicted molar refractivity (Wildman–Crippen MR) is 139 cm³/mol. The van der Waals surface area contributed by atoms with Crippen molar-refractivity contribution in [2.24, 2.45) is 5.92 Å². The average Bonchev–Trinajstić information content (AvgIpc) is 3.12. The van der Waals surface area contributed by atoms with E-state index in [0.29, 0.717) is 36.1 Å². The Morgan fingerprint density at radius 3 is 2.68 bits per heavy atom. The third-order valence-electron chi connectivity index (χ3n) is 6.91. The SMILES string of the molecule is CCOc1cc(-c2ccc(C(=O)NS(=O)(=O)c3cccnc3N)c(N3CCC(C)C3(C)C)n2)ccc1F. The van der Waals surface area contributed by atoms with Crippen LogP contribution in [0.25, 0.3) is 11.3 Å². The van der Waals surface area contributed by atoms with Crippen molar-refractivity contribution in [1.29, 1.82) is 0 Å². The number of carbonyl (C=O) groups is 1. The minimum absolute atomic E-state index is 0.0871. The molecule has 1 unspecified atom stereocenters. The lowest BCUT2D eigenvalue weighted by atomic mass is 9.90. The number of sulfonamides is 1. The van der Waals surface area contributed by atoms with Crippen LogP contribution >= 0.6 is 0 Å². The highest BCUT2D eigenvalue weighted by atomic mass is 32.2. The van der Waals surface area contributed by atoms with Crippen LogP contribution < -0.4 is 20.1 Å². The van der Waals surface area contributed by atoms with Crippen molar-refractivity contribution in [3.63, 3.8) is 0 Å². The second kappa shape index (κ2) is 9.97. The lowest BCUT2D eigenvalue weighted by Gasteiger charge is -2.36. The highest BCUT2D eigenvalue weighted by Crippen LogP contribution is 2.39. The van der Waals surface area contributed by atoms with E-state index in [0.717, 1.165) is 6.42 Å². The molecule has 3 N–H and O–H groups in total. The van der Waals surface area contributed by atoms with Crippen LogP contribution in [-0.2, 0) is 10.0 Å². The Bertz CT molecular complexity index is 1440. The van der Waals surface area contributed by atoms with Gasteiger partial charge in [-0.15, -0.1) is 0 Å². The zero-order valence-electron chi connectivity index (χ0n) is 21.2. The van der Waals surface area contributed by atoms with E-state index >= 15 is 0 Å². The Labute approximate surface area is 215 Å². The number of hydrogen-bond acceptors (Lipinski definition) is 8. The molecule has 2 aromatic heterocycles. The lowest BCUT2D eigenvalue weighted by Crippen LogP contribution is -2.43. The molecule has 0 aliphatic carbocycles. The van der Waals surface area contributed by atoms with Crippen molar-refractivity contribution in [2.75, 3.05) is 23.8 Å². The van der Waals surface area contributed by atoms with Crippen LogP contribution in [0.4, 0.5) is 16.0 Å². The van der Waals surface area contributed by atoms with Crippen molar-refractivity contribution in [3.8, 4) is 17.0 Å². The number of aromatic nitrogens is 2. The van der Waals surface area contributed by atoms with Crippen LogP contribution in [0.15, 0.2) is 53.6 Å². The molecule has 9 nitrogen and oxygen atoms in total. The summed E-state index contributed by atoms with van der Waals surface area (Å²) in [4.78, 5) is 23.7. The summed E-state index contributed by atoms with van der Waals surface area (Å²) in [5.74, 6) is -0.824. The summed E-state index contributed by atoms with van der Waals surface area (Å²) in [7, 11) is -4.29. The number of ether oxygens (including phenoxy) is 1. The van der Waals surface area contributed by atoms with Gasteiger partial charge in [-0.2, -0.15) is 0 Å². The van der Waals surface area contributed by atoms with Gasteiger partial charge in [-0.3, -0.25) is 4.79 Å². The van der Waals surface area contributed by atoms with Crippen molar-refractivity contribution in [2.45, 2.75) is 44.6 Å². The first-order valence-corrected chi connectivity index (χ1v) is 13.4. The highest BCUT2D eigenvalue weighted by Gasteiger charge is 2.41. The van der Waals surface area contributed by atoms with Crippen LogP contribution in [0.1, 0.15) is 44.5 Å². The molecule has 1 fully saturated rings. The third-order valence-corrected chi connectivity index (χ3v) is 8.28. The molecule has 1 saturated heterocycles. The van der Waals surface area contributed by atoms with E-state index in [9.17, 15) is 17.6 Å². The van der Waals surface area contributed by atoms with E-state index in [-0.39, 0.29) is 27.6 Å². The molecule has 11 heteroatoms. The fraction of sp³-hybridized carbons (Fsp3) is 0.346. The molecule has 3 heterocycles. The molecule has 0 bridgehead atoms. The number of rotatable bonds is 7. The predicted octanol–water partition coefficient (Wildman–Crippen LogP) is 4.01. The summed E-state index contributed by atoms with van der Waals surface area (Å²) in [5, 5.41) is 0. The highest BCUT2D eigenvalue weighted by molar-refractivity contribution is 7.90. The van der Waals surface area contributed by atoms with Gasteiger partial charge in [-0.05, 0) is 75.6 Å². The summed E-state index contributed by atoms with van der Waals surface area (Å²) in [5.41, 5.74) is 6.55. The standard InChI is InChI=1S/C26H30FN5O4S/c1-5-36-21-15-17(8-10-19(21)27)20-11-9-18(24(30-20)32-14-12-16(2)26(32,3)4)25(33)31-37(34,35)22-7-6-13-29-23(22)28/h6-11,13,15-16H,5,12,14H2,1-4H3,(H2,28,29)(H,31,33). The van der Waals surface area contributed by atoms with Gasteiger partial charge in [0.05, 0.1) is 17.9 Å². The maximum atomic E-state index is 14.2. The van der Waals surface area contributed by atoms with Gasteiger partial charge in [0.1, 0.15) is 16.5 Å². The zero-order valence-corrected chi connectivity index (χ0v) is 22.0. The van der Waals surface area contributed by atoms with Crippen LogP contribution in [0.3, 0.4) is 0 Å². The van der Waals surface area contributed by atoms with Crippen molar-refractivity contribution in [3.05, 3.63) is 60.0 Å². The van der Waals surface area contributed by atoms with Gasteiger partial charge in [-0.25, -0.2) is 27.5 Å². The number of hydrogen-bond donors (Lipinski definition) is 2. The molecule has 1 aliphatic rings. The molecular weight excluding hydrogens is 497 g/mol. The van der Waals surface area contributed by atoms with E-state index in [1.165, 1.54) is 30.5 Å². The number of pyridine rings is 2. The van der Waals surface area contributed by atoms with Gasteiger partial charge >= 0.3 is 0 Å². The molecule has 37 heavy (non-hydrogen) atoms. The zero-order chi connectivity index (χ0) is 27.0.